The molecular formula is C19H16F3NO3. The molecule has 2 aromatic carbocycles. The molecule has 0 N–H and O–H groups in total. The third-order valence-corrected chi connectivity index (χ3v) is 4.27. The van der Waals surface area contributed by atoms with Crippen LogP contribution in [0.25, 0.3) is 11.1 Å². The van der Waals surface area contributed by atoms with Crippen LogP contribution in [0.1, 0.15) is 31.4 Å². The number of carbonyl (C=O) groups is 2. The highest BCUT2D eigenvalue weighted by atomic mass is 19.4. The normalized spacial score (nSPS) is 17.5. The predicted octanol–water partition coefficient (Wildman–Crippen LogP) is 4.46. The van der Waals surface area contributed by atoms with Crippen LogP contribution in [0.4, 0.5) is 13.2 Å². The van der Waals surface area contributed by atoms with Crippen molar-refractivity contribution in [1.29, 1.82) is 0 Å². The number of likely N-dealkylation sites (tertiary alicyclic amines) is 1. The van der Waals surface area contributed by atoms with Crippen molar-refractivity contribution in [2.24, 2.45) is 0 Å². The summed E-state index contributed by atoms with van der Waals surface area (Å²) in [7, 11) is 0. The Kier molecular flexibility index (Phi) is 4.71. The van der Waals surface area contributed by atoms with Crippen molar-refractivity contribution >= 4 is 11.8 Å². The van der Waals surface area contributed by atoms with Crippen molar-refractivity contribution in [3.8, 4) is 16.9 Å². The van der Waals surface area contributed by atoms with E-state index >= 15 is 0 Å². The minimum absolute atomic E-state index is 0.174. The van der Waals surface area contributed by atoms with Crippen LogP contribution < -0.4 is 4.74 Å². The van der Waals surface area contributed by atoms with E-state index in [4.69, 9.17) is 0 Å². The Balaban J connectivity index is 1.77. The molecule has 2 aromatic rings. The predicted molar refractivity (Wildman–Crippen MR) is 88.1 cm³/mol. The molecule has 0 saturated carbocycles. The molecule has 4 nitrogen and oxygen atoms in total. The number of benzene rings is 2. The highest BCUT2D eigenvalue weighted by Gasteiger charge is 2.34. The maximum absolute atomic E-state index is 12.2. The summed E-state index contributed by atoms with van der Waals surface area (Å²) in [4.78, 5) is 24.8. The molecule has 3 rings (SSSR count). The number of ether oxygens (including phenoxy) is 1. The molecule has 26 heavy (non-hydrogen) atoms. The lowest BCUT2D eigenvalue weighted by Gasteiger charge is -2.22. The van der Waals surface area contributed by atoms with Crippen LogP contribution in [0.3, 0.4) is 0 Å². The zero-order chi connectivity index (χ0) is 18.9. The number of imide groups is 1. The molecule has 1 fully saturated rings. The molecule has 0 radical (unpaired) electrons. The zero-order valence-corrected chi connectivity index (χ0v) is 13.9. The lowest BCUT2D eigenvalue weighted by atomic mass is 9.99. The average molecular weight is 363 g/mol. The topological polar surface area (TPSA) is 46.6 Å². The van der Waals surface area contributed by atoms with Crippen LogP contribution in [0.2, 0.25) is 0 Å². The van der Waals surface area contributed by atoms with Crippen molar-refractivity contribution < 1.29 is 27.5 Å². The van der Waals surface area contributed by atoms with Crippen LogP contribution in [0.15, 0.2) is 48.5 Å². The van der Waals surface area contributed by atoms with E-state index in [2.05, 4.69) is 4.74 Å². The summed E-state index contributed by atoms with van der Waals surface area (Å²) in [5.74, 6) is -0.729. The van der Waals surface area contributed by atoms with E-state index in [0.717, 1.165) is 16.7 Å². The second kappa shape index (κ2) is 6.82. The van der Waals surface area contributed by atoms with Gasteiger partial charge in [-0.25, -0.2) is 0 Å². The summed E-state index contributed by atoms with van der Waals surface area (Å²) in [5, 5.41) is 0. The Morgan fingerprint density at radius 2 is 1.58 bits per heavy atom. The smallest absolute Gasteiger partial charge is 0.406 e. The Hall–Kier alpha value is -2.83. The number of halogens is 3. The van der Waals surface area contributed by atoms with Crippen molar-refractivity contribution in [3.05, 3.63) is 54.1 Å². The van der Waals surface area contributed by atoms with Crippen molar-refractivity contribution in [1.82, 2.24) is 4.90 Å². The third kappa shape index (κ3) is 3.87. The molecule has 1 aliphatic heterocycles. The number of amides is 2. The van der Waals surface area contributed by atoms with Crippen LogP contribution >= 0.6 is 0 Å². The first kappa shape index (κ1) is 18.0. The molecule has 0 spiro atoms. The SMILES string of the molecule is CC(=O)N1C(=O)CCC1c1ccc(-c2ccc(OC(F)(F)F)cc2)cc1. The molecule has 1 heterocycles. The number of nitrogens with zero attached hydrogens (tertiary/aromatic N) is 1. The molecule has 0 aliphatic carbocycles. The molecule has 136 valence electrons. The molecular weight excluding hydrogens is 347 g/mol. The van der Waals surface area contributed by atoms with E-state index in [0.29, 0.717) is 12.8 Å². The monoisotopic (exact) mass is 363 g/mol. The number of carbonyl (C=O) groups excluding carboxylic acids is 2. The third-order valence-electron chi connectivity index (χ3n) is 4.27. The Bertz CT molecular complexity index is 813. The van der Waals surface area contributed by atoms with Crippen LogP contribution in [-0.4, -0.2) is 23.1 Å². The summed E-state index contributed by atoms with van der Waals surface area (Å²) in [6.45, 7) is 1.37. The minimum atomic E-state index is -4.72. The van der Waals surface area contributed by atoms with Gasteiger partial charge >= 0.3 is 6.36 Å². The molecule has 2 amide bonds. The van der Waals surface area contributed by atoms with E-state index in [1.54, 1.807) is 0 Å². The van der Waals surface area contributed by atoms with Gasteiger partial charge in [-0.2, -0.15) is 0 Å². The summed E-state index contributed by atoms with van der Waals surface area (Å²) in [6, 6.07) is 12.6. The van der Waals surface area contributed by atoms with Gasteiger partial charge in [-0.15, -0.1) is 13.2 Å². The van der Waals surface area contributed by atoms with E-state index in [1.807, 2.05) is 24.3 Å². The maximum atomic E-state index is 12.2. The Morgan fingerprint density at radius 3 is 2.08 bits per heavy atom. The summed E-state index contributed by atoms with van der Waals surface area (Å²) < 4.78 is 40.5. The first-order valence-electron chi connectivity index (χ1n) is 8.03. The molecule has 1 saturated heterocycles. The van der Waals surface area contributed by atoms with E-state index in [1.165, 1.54) is 36.1 Å². The van der Waals surface area contributed by atoms with Gasteiger partial charge in [0.05, 0.1) is 6.04 Å². The van der Waals surface area contributed by atoms with Crippen LogP contribution in [0.5, 0.6) is 5.75 Å². The van der Waals surface area contributed by atoms with Gasteiger partial charge in [-0.3, -0.25) is 14.5 Å². The zero-order valence-electron chi connectivity index (χ0n) is 13.9. The molecule has 0 aromatic heterocycles. The van der Waals surface area contributed by atoms with Gasteiger partial charge in [0.15, 0.2) is 0 Å². The van der Waals surface area contributed by atoms with Gasteiger partial charge in [0.2, 0.25) is 11.8 Å². The summed E-state index contributed by atoms with van der Waals surface area (Å²) in [5.41, 5.74) is 2.40. The molecule has 1 aliphatic rings. The van der Waals surface area contributed by atoms with Gasteiger partial charge in [0.1, 0.15) is 5.75 Å². The summed E-state index contributed by atoms with van der Waals surface area (Å²) >= 11 is 0. The van der Waals surface area contributed by atoms with Gasteiger partial charge in [-0.05, 0) is 35.2 Å². The van der Waals surface area contributed by atoms with E-state index < -0.39 is 6.36 Å². The fraction of sp³-hybridized carbons (Fsp3) is 0.263. The quantitative estimate of drug-likeness (QED) is 0.809. The second-order valence-corrected chi connectivity index (χ2v) is 6.03. The molecule has 1 atom stereocenters. The van der Waals surface area contributed by atoms with Gasteiger partial charge in [0, 0.05) is 13.3 Å². The fourth-order valence-electron chi connectivity index (χ4n) is 3.14. The lowest BCUT2D eigenvalue weighted by Crippen LogP contribution is -2.32. The van der Waals surface area contributed by atoms with Crippen molar-refractivity contribution in [2.45, 2.75) is 32.2 Å². The minimum Gasteiger partial charge on any atom is -0.406 e. The van der Waals surface area contributed by atoms with Crippen molar-refractivity contribution in [2.75, 3.05) is 0 Å². The van der Waals surface area contributed by atoms with Gasteiger partial charge < -0.3 is 4.74 Å². The Morgan fingerprint density at radius 1 is 1.04 bits per heavy atom. The average Bonchev–Trinajstić information content (AvgIpc) is 2.96. The first-order chi connectivity index (χ1) is 12.2. The fourth-order valence-corrected chi connectivity index (χ4v) is 3.14. The standard InChI is InChI=1S/C19H16F3NO3/c1-12(24)23-17(10-11-18(23)25)15-4-2-13(3-5-15)14-6-8-16(9-7-14)26-19(20,21)22/h2-9,17H,10-11H2,1H3. The number of hydrogen-bond acceptors (Lipinski definition) is 3. The van der Waals surface area contributed by atoms with Gasteiger partial charge in [-0.1, -0.05) is 36.4 Å². The highest BCUT2D eigenvalue weighted by Crippen LogP contribution is 2.34. The van der Waals surface area contributed by atoms with Crippen molar-refractivity contribution in [3.63, 3.8) is 0 Å². The number of hydrogen-bond donors (Lipinski definition) is 0. The number of rotatable bonds is 3. The Labute approximate surface area is 148 Å². The molecule has 1 unspecified atom stereocenters. The molecule has 0 bridgehead atoms. The second-order valence-electron chi connectivity index (χ2n) is 6.03. The lowest BCUT2D eigenvalue weighted by molar-refractivity contribution is -0.274. The van der Waals surface area contributed by atoms with Crippen LogP contribution in [0, 0.1) is 0 Å². The maximum Gasteiger partial charge on any atom is 0.573 e. The van der Waals surface area contributed by atoms with E-state index in [-0.39, 0.29) is 23.6 Å². The highest BCUT2D eigenvalue weighted by molar-refractivity contribution is 5.96. The molecule has 7 heteroatoms. The van der Waals surface area contributed by atoms with Crippen LogP contribution in [-0.2, 0) is 9.59 Å². The number of alkyl halides is 3. The summed E-state index contributed by atoms with van der Waals surface area (Å²) in [6.07, 6.45) is -3.79. The largest absolute Gasteiger partial charge is 0.573 e. The van der Waals surface area contributed by atoms with E-state index in [9.17, 15) is 22.8 Å². The first-order valence-corrected chi connectivity index (χ1v) is 8.03. The van der Waals surface area contributed by atoms with Gasteiger partial charge in [0.25, 0.3) is 0 Å².